The van der Waals surface area contributed by atoms with E-state index in [4.69, 9.17) is 36.7 Å². The molecule has 0 saturated carbocycles. The number of imidazole rings is 1. The molecule has 0 aliphatic carbocycles. The summed E-state index contributed by atoms with van der Waals surface area (Å²) in [6.07, 6.45) is 0. The minimum atomic E-state index is -0.366. The number of aromatic nitrogens is 2. The summed E-state index contributed by atoms with van der Waals surface area (Å²) in [5.41, 5.74) is 5.78. The van der Waals surface area contributed by atoms with Crippen LogP contribution >= 0.6 is 0 Å². The average Bonchev–Trinajstić information content (AvgIpc) is 3.98. The molecule has 0 radical (unpaired) electrons. The number of fused-ring (bicyclic) bond motifs is 1. The van der Waals surface area contributed by atoms with Crippen molar-refractivity contribution >= 4 is 472 Å². The van der Waals surface area contributed by atoms with Crippen LogP contribution in [0, 0.1) is 6.92 Å². The van der Waals surface area contributed by atoms with Crippen molar-refractivity contribution in [2.45, 2.75) is 45.8 Å². The van der Waals surface area contributed by atoms with Gasteiger partial charge in [-0.2, -0.15) is 0 Å². The van der Waals surface area contributed by atoms with E-state index >= 15 is 0 Å². The molecular formula is C26H27BN2O2S50. The zero-order valence-corrected chi connectivity index (χ0v) is 80.0. The number of nitrogens with zero attached hydrogens (tertiary/aromatic N) is 2. The minimum Gasteiger partial charge on any atom is -0.399 e. The Balaban J connectivity index is 0.000000383. The summed E-state index contributed by atoms with van der Waals surface area (Å²) in [5, 5.41) is 0. The molecule has 2 heterocycles. The zero-order chi connectivity index (χ0) is 57.7. The fraction of sp³-hybridized carbons (Fsp3) is 0.269. The van der Waals surface area contributed by atoms with E-state index in [9.17, 15) is 0 Å². The Kier molecular flexibility index (Phi) is 55.5. The number of aryl methyl sites for hydroxylation is 1. The largest absolute Gasteiger partial charge is 0.494 e. The average molecular weight is 2010 g/mol. The zero-order valence-electron chi connectivity index (χ0n) is 39.1. The highest BCUT2D eigenvalue weighted by Crippen LogP contribution is 2.37. The highest BCUT2D eigenvalue weighted by atomic mass is 33.5. The molecule has 1 saturated heterocycles. The Morgan fingerprint density at radius 1 is 0.358 bits per heavy atom. The molecule has 0 atom stereocenters. The molecule has 1 aromatic heterocycles. The number of hydrogen-bond acceptors (Lipinski definition) is 5. The van der Waals surface area contributed by atoms with Crippen molar-refractivity contribution in [1.29, 1.82) is 0 Å². The second-order valence-electron chi connectivity index (χ2n) is 12.6. The smallest absolute Gasteiger partial charge is 0.399 e. The van der Waals surface area contributed by atoms with Gasteiger partial charge in [-0.3, -0.25) is 4.57 Å². The molecule has 3 aromatic carbocycles. The second kappa shape index (κ2) is 55.1. The fourth-order valence-electron chi connectivity index (χ4n) is 4.46. The first-order valence-corrected chi connectivity index (χ1v) is 84.3. The van der Waals surface area contributed by atoms with Crippen molar-refractivity contribution in [2.24, 2.45) is 0 Å². The monoisotopic (exact) mass is 2010 g/mol. The van der Waals surface area contributed by atoms with Crippen LogP contribution in [0.15, 0.2) is 72.8 Å². The number of benzene rings is 3. The highest BCUT2D eigenvalue weighted by molar-refractivity contribution is 8.82. The van der Waals surface area contributed by atoms with Crippen molar-refractivity contribution < 1.29 is 9.31 Å². The SMILES string of the molecule is Cc1ccc(-n2c(-c3ccc(B4OC(C)(C)C(C)(C)O4)cc3)nc3ccccc32)cc1.S=S=S=S=S=S=S=S=S=S=S=S=S=S=S=S=S=S=S=S=S=S=S=S=S=S=S=S=S=S=S=S=S=S=S=S=S=S=S=S=S=S=S=S=S=S=S=S=S=S. The molecule has 1 aliphatic rings. The first-order valence-electron chi connectivity index (χ1n) is 18.9. The van der Waals surface area contributed by atoms with Crippen LogP contribution in [0.4, 0.5) is 0 Å². The molecule has 0 N–H and O–H groups in total. The van der Waals surface area contributed by atoms with Gasteiger partial charge in [-0.25, -0.2) is 4.98 Å². The van der Waals surface area contributed by atoms with Gasteiger partial charge in [0, 0.05) is 460 Å². The van der Waals surface area contributed by atoms with Crippen molar-refractivity contribution in [3.05, 3.63) is 78.4 Å². The number of hydrogen-bond donors (Lipinski definition) is 0. The Hall–Kier alpha value is 8.11. The lowest BCUT2D eigenvalue weighted by Crippen LogP contribution is -2.41. The predicted octanol–water partition coefficient (Wildman–Crippen LogP) is 5.18. The molecule has 1 fully saturated rings. The third-order valence-electron chi connectivity index (χ3n) is 7.85. The maximum Gasteiger partial charge on any atom is 0.494 e. The van der Waals surface area contributed by atoms with Crippen LogP contribution in [0.3, 0.4) is 0 Å². The maximum atomic E-state index is 6.20. The quantitative estimate of drug-likeness (QED) is 0.265. The van der Waals surface area contributed by atoms with E-state index in [1.54, 1.807) is 107 Å². The maximum absolute atomic E-state index is 6.20. The predicted molar refractivity (Wildman–Crippen MR) is 495 cm³/mol. The van der Waals surface area contributed by atoms with Crippen LogP contribution in [-0.4, -0.2) is 27.9 Å². The summed E-state index contributed by atoms with van der Waals surface area (Å²) < 4.78 is 14.6. The Labute approximate surface area is 617 Å². The van der Waals surface area contributed by atoms with E-state index in [0.717, 1.165) is 33.6 Å². The van der Waals surface area contributed by atoms with E-state index in [0.29, 0.717) is 0 Å². The lowest BCUT2D eigenvalue weighted by Gasteiger charge is -2.32. The summed E-state index contributed by atoms with van der Waals surface area (Å²) in [6.45, 7) is 10.4. The highest BCUT2D eigenvalue weighted by Gasteiger charge is 2.51. The molecule has 4 nitrogen and oxygen atoms in total. The van der Waals surface area contributed by atoms with E-state index in [2.05, 4.69) is 106 Å². The van der Waals surface area contributed by atoms with Crippen LogP contribution < -0.4 is 5.46 Å². The molecule has 81 heavy (non-hydrogen) atoms. The molecule has 456 valence electrons. The summed E-state index contributed by atoms with van der Waals surface area (Å²) in [5.74, 6) is 0.922. The Morgan fingerprint density at radius 2 is 0.630 bits per heavy atom. The molecular weight excluding hydrogens is 1990 g/mol. The Morgan fingerprint density at radius 3 is 0.914 bits per heavy atom. The lowest BCUT2D eigenvalue weighted by atomic mass is 9.79. The normalized spacial score (nSPS) is 11.4. The van der Waals surface area contributed by atoms with Gasteiger partial charge in [0.1, 0.15) is 5.82 Å². The number of para-hydroxylation sites is 2. The van der Waals surface area contributed by atoms with Gasteiger partial charge in [0.05, 0.1) is 22.2 Å². The Bertz CT molecular complexity index is 5090. The third kappa shape index (κ3) is 39.2. The van der Waals surface area contributed by atoms with Crippen LogP contribution in [0.1, 0.15) is 33.3 Å². The lowest BCUT2D eigenvalue weighted by molar-refractivity contribution is 0.00578. The van der Waals surface area contributed by atoms with Gasteiger partial charge >= 0.3 is 7.12 Å². The van der Waals surface area contributed by atoms with Gasteiger partial charge in [0.2, 0.25) is 0 Å². The van der Waals surface area contributed by atoms with E-state index in [-0.39, 0.29) is 18.3 Å². The standard InChI is InChI=1S/C26H27BN2O2.S50/c1-18-10-16-21(17-11-18)29-23-9-7-6-8-22(23)28-24(29)19-12-14-20(15-13-19)27-30-25(2,3)26(4,5)31-27;1-3-5-7-9-11-13-15-17-19-21-23-25-27-29-31-33-35-37-39-41-43-45-47-49-50-48-46-44-42-40-38-36-34-32-30-28-26-24-22-20-18-16-14-12-10-8-6-4-2/h6-17H,1-5H3;. The van der Waals surface area contributed by atoms with Crippen LogP contribution in [-0.2, 0) is 458 Å². The van der Waals surface area contributed by atoms with E-state index in [1.165, 1.54) is 23.3 Å². The molecule has 0 amide bonds. The van der Waals surface area contributed by atoms with Crippen LogP contribution in [0.2, 0.25) is 0 Å². The van der Waals surface area contributed by atoms with Crippen molar-refractivity contribution in [1.82, 2.24) is 9.55 Å². The van der Waals surface area contributed by atoms with Crippen molar-refractivity contribution in [3.8, 4) is 17.1 Å². The summed E-state index contributed by atoms with van der Waals surface area (Å²) >= 11 is 9.62. The minimum absolute atomic E-state index is 0.351. The van der Waals surface area contributed by atoms with Crippen LogP contribution in [0.5, 0.6) is 0 Å². The second-order valence-corrected chi connectivity index (χ2v) is 97.5. The molecule has 1 aliphatic heterocycles. The topological polar surface area (TPSA) is 36.3 Å². The van der Waals surface area contributed by atoms with Gasteiger partial charge in [-0.15, -0.1) is 0 Å². The van der Waals surface area contributed by atoms with E-state index < -0.39 is 0 Å². The fourth-order valence-corrected chi connectivity index (χ4v) is 131. The summed E-state index contributed by atoms with van der Waals surface area (Å²) in [7, 11) is 85.3. The van der Waals surface area contributed by atoms with Crippen LogP contribution in [0.25, 0.3) is 28.1 Å². The van der Waals surface area contributed by atoms with Gasteiger partial charge in [0.25, 0.3) is 0 Å². The third-order valence-corrected chi connectivity index (χ3v) is 112. The first kappa shape index (κ1) is 81.5. The molecule has 0 spiro atoms. The van der Waals surface area contributed by atoms with Crippen molar-refractivity contribution in [3.63, 3.8) is 0 Å². The van der Waals surface area contributed by atoms with E-state index in [1.807, 2.05) is 308 Å². The molecule has 55 heteroatoms. The summed E-state index contributed by atoms with van der Waals surface area (Å²) in [4.78, 5) is 4.96. The number of rotatable bonds is 3. The van der Waals surface area contributed by atoms with Crippen molar-refractivity contribution in [2.75, 3.05) is 0 Å². The van der Waals surface area contributed by atoms with Gasteiger partial charge in [0.15, 0.2) is 0 Å². The van der Waals surface area contributed by atoms with Gasteiger partial charge in [-0.1, -0.05) is 54.1 Å². The molecule has 5 rings (SSSR count). The molecule has 0 bridgehead atoms. The summed E-state index contributed by atoms with van der Waals surface area (Å²) in [6, 6.07) is 25.2. The first-order chi connectivity index (χ1) is 39.7. The molecule has 0 unspecified atom stereocenters. The van der Waals surface area contributed by atoms with Gasteiger partial charge < -0.3 is 9.31 Å². The van der Waals surface area contributed by atoms with Gasteiger partial charge in [-0.05, 0) is 64.3 Å². The molecule has 4 aromatic rings.